The molecule has 0 amide bonds. The van der Waals surface area contributed by atoms with Gasteiger partial charge in [0.2, 0.25) is 0 Å². The minimum Gasteiger partial charge on any atom is -0.371 e. The molecule has 2 atom stereocenters. The van der Waals surface area contributed by atoms with Crippen LogP contribution in [0.2, 0.25) is 0 Å². The summed E-state index contributed by atoms with van der Waals surface area (Å²) < 4.78 is 1.14. The van der Waals surface area contributed by atoms with Crippen LogP contribution in [0.25, 0.3) is 0 Å². The molecule has 2 N–H and O–H groups in total. The maximum absolute atomic E-state index is 6.16. The molecule has 1 aromatic rings. The van der Waals surface area contributed by atoms with Crippen LogP contribution in [-0.2, 0) is 6.42 Å². The topological polar surface area (TPSA) is 29.3 Å². The van der Waals surface area contributed by atoms with Gasteiger partial charge in [0.25, 0.3) is 0 Å². The van der Waals surface area contributed by atoms with Crippen LogP contribution in [0, 0.1) is 5.92 Å². The van der Waals surface area contributed by atoms with Crippen molar-refractivity contribution in [2.24, 2.45) is 11.7 Å². The Kier molecular flexibility index (Phi) is 7.60. The Morgan fingerprint density at radius 1 is 1.20 bits per heavy atom. The first-order chi connectivity index (χ1) is 9.51. The maximum atomic E-state index is 6.16. The highest BCUT2D eigenvalue weighted by atomic mass is 79.9. The van der Waals surface area contributed by atoms with E-state index in [0.717, 1.165) is 30.4 Å². The zero-order valence-electron chi connectivity index (χ0n) is 13.3. The second-order valence-electron chi connectivity index (χ2n) is 5.70. The Bertz CT molecular complexity index is 406. The molecule has 0 saturated carbocycles. The number of nitrogens with two attached hydrogens (primary N) is 1. The largest absolute Gasteiger partial charge is 0.371 e. The number of anilines is 1. The van der Waals surface area contributed by atoms with Gasteiger partial charge in [0.15, 0.2) is 0 Å². The van der Waals surface area contributed by atoms with Crippen LogP contribution >= 0.6 is 15.9 Å². The van der Waals surface area contributed by atoms with Crippen LogP contribution in [0.1, 0.15) is 46.1 Å². The lowest BCUT2D eigenvalue weighted by Crippen LogP contribution is -2.30. The predicted molar refractivity (Wildman–Crippen MR) is 93.5 cm³/mol. The Hall–Kier alpha value is -0.540. The SMILES string of the molecule is CCC(C)CN(CC)c1ccc(Br)cc1CC(N)CC. The van der Waals surface area contributed by atoms with Gasteiger partial charge in [0.1, 0.15) is 0 Å². The van der Waals surface area contributed by atoms with Gasteiger partial charge in [0, 0.05) is 29.3 Å². The van der Waals surface area contributed by atoms with E-state index in [2.05, 4.69) is 66.7 Å². The predicted octanol–water partition coefficient (Wildman–Crippen LogP) is 4.60. The van der Waals surface area contributed by atoms with Crippen molar-refractivity contribution in [2.75, 3.05) is 18.0 Å². The normalized spacial score (nSPS) is 14.1. The van der Waals surface area contributed by atoms with Crippen molar-refractivity contribution in [2.45, 2.75) is 53.0 Å². The van der Waals surface area contributed by atoms with Crippen molar-refractivity contribution in [1.29, 1.82) is 0 Å². The van der Waals surface area contributed by atoms with Gasteiger partial charge in [-0.3, -0.25) is 0 Å². The summed E-state index contributed by atoms with van der Waals surface area (Å²) in [6, 6.07) is 6.83. The molecule has 2 unspecified atom stereocenters. The number of hydrogen-bond donors (Lipinski definition) is 1. The highest BCUT2D eigenvalue weighted by Gasteiger charge is 2.14. The van der Waals surface area contributed by atoms with Gasteiger partial charge in [-0.1, -0.05) is 43.1 Å². The fraction of sp³-hybridized carbons (Fsp3) is 0.647. The van der Waals surface area contributed by atoms with Crippen molar-refractivity contribution in [3.63, 3.8) is 0 Å². The lowest BCUT2D eigenvalue weighted by molar-refractivity contribution is 0.546. The average Bonchev–Trinajstić information content (AvgIpc) is 2.45. The monoisotopic (exact) mass is 340 g/mol. The van der Waals surface area contributed by atoms with Crippen LogP contribution in [0.3, 0.4) is 0 Å². The van der Waals surface area contributed by atoms with E-state index in [1.165, 1.54) is 17.7 Å². The average molecular weight is 341 g/mol. The first-order valence-corrected chi connectivity index (χ1v) is 8.59. The number of halogens is 1. The summed E-state index contributed by atoms with van der Waals surface area (Å²) in [7, 11) is 0. The minimum absolute atomic E-state index is 0.241. The third-order valence-electron chi connectivity index (χ3n) is 4.00. The Labute approximate surface area is 132 Å². The number of benzene rings is 1. The molecule has 0 aliphatic carbocycles. The number of hydrogen-bond acceptors (Lipinski definition) is 2. The smallest absolute Gasteiger partial charge is 0.0400 e. The molecule has 0 saturated heterocycles. The van der Waals surface area contributed by atoms with Gasteiger partial charge in [-0.15, -0.1) is 0 Å². The second kappa shape index (κ2) is 8.68. The Balaban J connectivity index is 3.01. The standard InChI is InChI=1S/C17H29BrN2/c1-5-13(4)12-20(7-3)17-9-8-15(18)10-14(17)11-16(19)6-2/h8-10,13,16H,5-7,11-12,19H2,1-4H3. The molecule has 0 bridgehead atoms. The molecule has 0 aliphatic heterocycles. The number of rotatable bonds is 8. The van der Waals surface area contributed by atoms with Gasteiger partial charge >= 0.3 is 0 Å². The first kappa shape index (κ1) is 17.5. The number of nitrogens with zero attached hydrogens (tertiary/aromatic N) is 1. The molecular formula is C17H29BrN2. The van der Waals surface area contributed by atoms with Crippen molar-refractivity contribution < 1.29 is 0 Å². The fourth-order valence-corrected chi connectivity index (χ4v) is 2.76. The highest BCUT2D eigenvalue weighted by Crippen LogP contribution is 2.27. The Morgan fingerprint density at radius 3 is 2.45 bits per heavy atom. The summed E-state index contributed by atoms with van der Waals surface area (Å²) in [4.78, 5) is 2.48. The summed E-state index contributed by atoms with van der Waals surface area (Å²) in [5.41, 5.74) is 8.87. The lowest BCUT2D eigenvalue weighted by atomic mass is 10.0. The van der Waals surface area contributed by atoms with E-state index in [1.807, 2.05) is 0 Å². The summed E-state index contributed by atoms with van der Waals surface area (Å²) >= 11 is 3.58. The molecule has 0 aromatic heterocycles. The zero-order chi connectivity index (χ0) is 15.1. The van der Waals surface area contributed by atoms with Crippen molar-refractivity contribution in [1.82, 2.24) is 0 Å². The van der Waals surface area contributed by atoms with E-state index in [4.69, 9.17) is 5.73 Å². The second-order valence-corrected chi connectivity index (χ2v) is 6.61. The lowest BCUT2D eigenvalue weighted by Gasteiger charge is -2.29. The molecule has 20 heavy (non-hydrogen) atoms. The molecule has 114 valence electrons. The summed E-state index contributed by atoms with van der Waals surface area (Å²) in [5, 5.41) is 0. The molecule has 0 aliphatic rings. The first-order valence-electron chi connectivity index (χ1n) is 7.80. The van der Waals surface area contributed by atoms with Crippen LogP contribution in [0.4, 0.5) is 5.69 Å². The zero-order valence-corrected chi connectivity index (χ0v) is 14.9. The van der Waals surface area contributed by atoms with Gasteiger partial charge in [-0.25, -0.2) is 0 Å². The van der Waals surface area contributed by atoms with Crippen molar-refractivity contribution in [3.05, 3.63) is 28.2 Å². The molecule has 0 spiro atoms. The highest BCUT2D eigenvalue weighted by molar-refractivity contribution is 9.10. The van der Waals surface area contributed by atoms with Gasteiger partial charge in [-0.05, 0) is 49.4 Å². The molecule has 0 radical (unpaired) electrons. The van der Waals surface area contributed by atoms with E-state index >= 15 is 0 Å². The van der Waals surface area contributed by atoms with Gasteiger partial charge < -0.3 is 10.6 Å². The van der Waals surface area contributed by atoms with Crippen LogP contribution in [-0.4, -0.2) is 19.1 Å². The molecular weight excluding hydrogens is 312 g/mol. The van der Waals surface area contributed by atoms with E-state index < -0.39 is 0 Å². The minimum atomic E-state index is 0.241. The van der Waals surface area contributed by atoms with Crippen molar-refractivity contribution >= 4 is 21.6 Å². The van der Waals surface area contributed by atoms with Crippen LogP contribution < -0.4 is 10.6 Å². The summed E-state index contributed by atoms with van der Waals surface area (Å²) in [6.07, 6.45) is 3.18. The molecule has 0 fully saturated rings. The van der Waals surface area contributed by atoms with Crippen LogP contribution in [0.15, 0.2) is 22.7 Å². The van der Waals surface area contributed by atoms with Crippen LogP contribution in [0.5, 0.6) is 0 Å². The third-order valence-corrected chi connectivity index (χ3v) is 4.49. The summed E-state index contributed by atoms with van der Waals surface area (Å²) in [6.45, 7) is 11.1. The van der Waals surface area contributed by atoms with Gasteiger partial charge in [-0.2, -0.15) is 0 Å². The Morgan fingerprint density at radius 2 is 1.90 bits per heavy atom. The quantitative estimate of drug-likeness (QED) is 0.749. The van der Waals surface area contributed by atoms with Gasteiger partial charge in [0.05, 0.1) is 0 Å². The van der Waals surface area contributed by atoms with E-state index in [9.17, 15) is 0 Å². The van der Waals surface area contributed by atoms with Crippen molar-refractivity contribution in [3.8, 4) is 0 Å². The summed E-state index contributed by atoms with van der Waals surface area (Å²) in [5.74, 6) is 0.714. The molecule has 3 heteroatoms. The fourth-order valence-electron chi connectivity index (χ4n) is 2.36. The van der Waals surface area contributed by atoms with E-state index in [-0.39, 0.29) is 6.04 Å². The molecule has 1 aromatic carbocycles. The molecule has 1 rings (SSSR count). The van der Waals surface area contributed by atoms with E-state index in [1.54, 1.807) is 0 Å². The maximum Gasteiger partial charge on any atom is 0.0400 e. The third kappa shape index (κ3) is 5.10. The molecule has 0 heterocycles. The molecule has 2 nitrogen and oxygen atoms in total. The van der Waals surface area contributed by atoms with E-state index in [0.29, 0.717) is 5.92 Å².